The summed E-state index contributed by atoms with van der Waals surface area (Å²) in [7, 11) is 2.09. The molecule has 0 saturated carbocycles. The van der Waals surface area contributed by atoms with Crippen LogP contribution in [0.4, 0.5) is 10.1 Å². The molecule has 1 atom stereocenters. The van der Waals surface area contributed by atoms with Crippen LogP contribution in [0.3, 0.4) is 0 Å². The molecule has 0 bridgehead atoms. The molecule has 3 rings (SSSR count). The largest absolute Gasteiger partial charge is 0.478 e. The maximum atomic E-state index is 15.2. The Bertz CT molecular complexity index is 1300. The maximum absolute atomic E-state index is 15.2. The Morgan fingerprint density at radius 2 is 1.74 bits per heavy atom. The number of halogens is 2. The van der Waals surface area contributed by atoms with E-state index in [0.29, 0.717) is 10.5 Å². The highest BCUT2D eigenvalue weighted by Gasteiger charge is 2.44. The van der Waals surface area contributed by atoms with E-state index in [4.69, 9.17) is 15.2 Å². The Morgan fingerprint density at radius 3 is 2.26 bits per heavy atom. The number of esters is 2. The average Bonchev–Trinajstić information content (AvgIpc) is 2.83. The molecule has 2 aromatic carbocycles. The molecule has 11 heteroatoms. The number of methoxy groups -OCH3 is 2. The molecule has 2 aromatic rings. The molecule has 0 amide bonds. The van der Waals surface area contributed by atoms with Gasteiger partial charge in [0, 0.05) is 4.47 Å². The van der Waals surface area contributed by atoms with E-state index in [1.165, 1.54) is 0 Å². The predicted octanol–water partition coefficient (Wildman–Crippen LogP) is 3.18. The summed E-state index contributed by atoms with van der Waals surface area (Å²) < 4.78 is 24.9. The molecule has 1 aliphatic heterocycles. The molecular formula is C23H17BrFN3O6. The number of nitrogens with zero attached hydrogens (tertiary/aromatic N) is 2. The standard InChI is InChI=1S/C23H17BrFN3O6/c1-33-22(31)17-15(11-6-4-3-5-7-11)12(10-26)20(27)28(19(17)23(32)34-2)18-14(25)9-8-13(24)16(18)21(29)30/h3-9,15H,27H2,1-2H3,(H,29,30). The van der Waals surface area contributed by atoms with Crippen molar-refractivity contribution in [2.45, 2.75) is 5.92 Å². The lowest BCUT2D eigenvalue weighted by molar-refractivity contribution is -0.139. The summed E-state index contributed by atoms with van der Waals surface area (Å²) in [6, 6.07) is 12.2. The summed E-state index contributed by atoms with van der Waals surface area (Å²) >= 11 is 3.06. The van der Waals surface area contributed by atoms with E-state index < -0.39 is 52.4 Å². The normalized spacial score (nSPS) is 15.6. The average molecular weight is 530 g/mol. The van der Waals surface area contributed by atoms with Crippen molar-refractivity contribution < 1.29 is 33.4 Å². The van der Waals surface area contributed by atoms with Crippen molar-refractivity contribution in [3.63, 3.8) is 0 Å². The monoisotopic (exact) mass is 529 g/mol. The molecule has 0 saturated heterocycles. The fourth-order valence-corrected chi connectivity index (χ4v) is 4.20. The summed E-state index contributed by atoms with van der Waals surface area (Å²) in [5.74, 6) is -6.41. The van der Waals surface area contributed by atoms with Crippen LogP contribution < -0.4 is 10.6 Å². The molecule has 1 aliphatic rings. The third kappa shape index (κ3) is 3.99. The number of rotatable bonds is 5. The van der Waals surface area contributed by atoms with Gasteiger partial charge in [0.2, 0.25) is 0 Å². The molecule has 34 heavy (non-hydrogen) atoms. The first-order valence-electron chi connectivity index (χ1n) is 9.56. The first-order chi connectivity index (χ1) is 16.2. The van der Waals surface area contributed by atoms with E-state index >= 15 is 4.39 Å². The highest BCUT2D eigenvalue weighted by atomic mass is 79.9. The predicted molar refractivity (Wildman–Crippen MR) is 121 cm³/mol. The number of carboxylic acid groups (broad SMARTS) is 1. The van der Waals surface area contributed by atoms with Crippen LogP contribution >= 0.6 is 15.9 Å². The SMILES string of the molecule is COC(=O)C1=C(C(=O)OC)N(c2c(F)ccc(Br)c2C(=O)O)C(N)=C(C#N)C1c1ccccc1. The number of hydrogen-bond donors (Lipinski definition) is 2. The molecule has 174 valence electrons. The summed E-state index contributed by atoms with van der Waals surface area (Å²) in [5.41, 5.74) is 4.25. The van der Waals surface area contributed by atoms with Gasteiger partial charge in [0.1, 0.15) is 22.9 Å². The number of allylic oxidation sites excluding steroid dienone is 1. The number of ether oxygens (including phenoxy) is 2. The van der Waals surface area contributed by atoms with Crippen LogP contribution in [0.1, 0.15) is 21.8 Å². The van der Waals surface area contributed by atoms with E-state index in [-0.39, 0.29) is 15.6 Å². The first kappa shape index (κ1) is 24.5. The third-order valence-electron chi connectivity index (χ3n) is 5.13. The van der Waals surface area contributed by atoms with Gasteiger partial charge >= 0.3 is 17.9 Å². The Labute approximate surface area is 201 Å². The molecule has 0 aliphatic carbocycles. The fraction of sp³-hybridized carbons (Fsp3) is 0.130. The van der Waals surface area contributed by atoms with Gasteiger partial charge in [-0.1, -0.05) is 30.3 Å². The molecule has 9 nitrogen and oxygen atoms in total. The fourth-order valence-electron chi connectivity index (χ4n) is 3.71. The van der Waals surface area contributed by atoms with Gasteiger partial charge in [-0.05, 0) is 33.6 Å². The Balaban J connectivity index is 2.54. The van der Waals surface area contributed by atoms with Crippen molar-refractivity contribution in [1.82, 2.24) is 0 Å². The van der Waals surface area contributed by atoms with Gasteiger partial charge in [-0.2, -0.15) is 5.26 Å². The van der Waals surface area contributed by atoms with Crippen molar-refractivity contribution in [2.24, 2.45) is 5.73 Å². The molecule has 0 fully saturated rings. The Kier molecular flexibility index (Phi) is 7.03. The minimum atomic E-state index is -1.55. The lowest BCUT2D eigenvalue weighted by Gasteiger charge is -2.36. The number of carbonyl (C=O) groups is 3. The minimum absolute atomic E-state index is 0.0308. The quantitative estimate of drug-likeness (QED) is 0.557. The molecule has 1 unspecified atom stereocenters. The number of benzene rings is 2. The number of aromatic carboxylic acids is 1. The highest BCUT2D eigenvalue weighted by molar-refractivity contribution is 9.10. The van der Waals surface area contributed by atoms with Crippen molar-refractivity contribution in [3.05, 3.63) is 86.5 Å². The van der Waals surface area contributed by atoms with E-state index in [9.17, 15) is 24.8 Å². The van der Waals surface area contributed by atoms with Crippen LogP contribution in [0.15, 0.2) is 69.6 Å². The molecule has 0 radical (unpaired) electrons. The summed E-state index contributed by atoms with van der Waals surface area (Å²) in [6.45, 7) is 0. The van der Waals surface area contributed by atoms with Crippen molar-refractivity contribution in [3.8, 4) is 6.07 Å². The van der Waals surface area contributed by atoms with Gasteiger partial charge in [0.25, 0.3) is 0 Å². The zero-order chi connectivity index (χ0) is 25.2. The van der Waals surface area contributed by atoms with Crippen LogP contribution in [0.25, 0.3) is 0 Å². The Hall–Kier alpha value is -4.17. The van der Waals surface area contributed by atoms with Crippen LogP contribution in [0, 0.1) is 17.1 Å². The van der Waals surface area contributed by atoms with Gasteiger partial charge in [-0.3, -0.25) is 4.90 Å². The number of nitriles is 1. The summed E-state index contributed by atoms with van der Waals surface area (Å²) in [5, 5.41) is 19.8. The van der Waals surface area contributed by atoms with Gasteiger partial charge in [-0.15, -0.1) is 0 Å². The zero-order valence-electron chi connectivity index (χ0n) is 17.8. The van der Waals surface area contributed by atoms with Crippen LogP contribution in [-0.4, -0.2) is 37.2 Å². The van der Waals surface area contributed by atoms with Gasteiger partial charge in [0.05, 0.1) is 43.0 Å². The number of nitrogens with two attached hydrogens (primary N) is 1. The number of carbonyl (C=O) groups excluding carboxylic acids is 2. The third-order valence-corrected chi connectivity index (χ3v) is 5.79. The maximum Gasteiger partial charge on any atom is 0.355 e. The smallest absolute Gasteiger partial charge is 0.355 e. The van der Waals surface area contributed by atoms with Crippen LogP contribution in [-0.2, 0) is 19.1 Å². The molecular weight excluding hydrogens is 513 g/mol. The lowest BCUT2D eigenvalue weighted by Crippen LogP contribution is -2.41. The number of anilines is 1. The van der Waals surface area contributed by atoms with E-state index in [0.717, 1.165) is 26.4 Å². The second-order valence-electron chi connectivity index (χ2n) is 6.89. The van der Waals surface area contributed by atoms with Crippen molar-refractivity contribution in [1.29, 1.82) is 5.26 Å². The van der Waals surface area contributed by atoms with Crippen molar-refractivity contribution >= 4 is 39.5 Å². The van der Waals surface area contributed by atoms with Gasteiger partial charge < -0.3 is 20.3 Å². The van der Waals surface area contributed by atoms with Crippen molar-refractivity contribution in [2.75, 3.05) is 19.1 Å². The topological polar surface area (TPSA) is 143 Å². The lowest BCUT2D eigenvalue weighted by atomic mass is 9.80. The van der Waals surface area contributed by atoms with Gasteiger partial charge in [0.15, 0.2) is 0 Å². The number of hydrogen-bond acceptors (Lipinski definition) is 8. The van der Waals surface area contributed by atoms with E-state index in [2.05, 4.69) is 15.9 Å². The van der Waals surface area contributed by atoms with Crippen LogP contribution in [0.5, 0.6) is 0 Å². The van der Waals surface area contributed by atoms with Gasteiger partial charge in [-0.25, -0.2) is 18.8 Å². The second-order valence-corrected chi connectivity index (χ2v) is 7.75. The van der Waals surface area contributed by atoms with Crippen LogP contribution in [0.2, 0.25) is 0 Å². The highest BCUT2D eigenvalue weighted by Crippen LogP contribution is 2.45. The molecule has 0 spiro atoms. The summed E-state index contributed by atoms with van der Waals surface area (Å²) in [6.07, 6.45) is 0. The molecule has 0 aromatic heterocycles. The van der Waals surface area contributed by atoms with E-state index in [1.54, 1.807) is 30.3 Å². The Morgan fingerprint density at radius 1 is 1.12 bits per heavy atom. The number of carboxylic acids is 1. The molecule has 1 heterocycles. The summed E-state index contributed by atoms with van der Waals surface area (Å²) in [4.78, 5) is 38.7. The zero-order valence-corrected chi connectivity index (χ0v) is 19.4. The first-order valence-corrected chi connectivity index (χ1v) is 10.4. The second kappa shape index (κ2) is 9.76. The van der Waals surface area contributed by atoms with E-state index in [1.807, 2.05) is 6.07 Å². The minimum Gasteiger partial charge on any atom is -0.478 e. The molecule has 3 N–H and O–H groups in total.